The smallest absolute Gasteiger partial charge is 0.279 e. The van der Waals surface area contributed by atoms with Crippen molar-refractivity contribution < 1.29 is 14.3 Å². The monoisotopic (exact) mass is 372 g/mol. The Kier molecular flexibility index (Phi) is 6.28. The van der Waals surface area contributed by atoms with E-state index >= 15 is 0 Å². The first-order valence-electron chi connectivity index (χ1n) is 9.07. The van der Waals surface area contributed by atoms with Gasteiger partial charge in [0.25, 0.3) is 11.8 Å². The second-order valence-electron chi connectivity index (χ2n) is 6.49. The number of fused-ring (bicyclic) bond motifs is 1. The predicted octanol–water partition coefficient (Wildman–Crippen LogP) is 3.64. The lowest BCUT2D eigenvalue weighted by Gasteiger charge is -2.14. The number of nitrogens with one attached hydrogen (secondary N) is 2. The average molecular weight is 372 g/mol. The molecule has 0 bridgehead atoms. The first kappa shape index (κ1) is 18.5. The molecule has 0 aliphatic heterocycles. The van der Waals surface area contributed by atoms with Crippen molar-refractivity contribution in [1.82, 2.24) is 10.9 Å². The highest BCUT2D eigenvalue weighted by Crippen LogP contribution is 2.28. The van der Waals surface area contributed by atoms with Gasteiger partial charge in [0, 0.05) is 4.88 Å². The third-order valence-corrected chi connectivity index (χ3v) is 5.68. The summed E-state index contributed by atoms with van der Waals surface area (Å²) in [6.07, 6.45) is 6.24. The summed E-state index contributed by atoms with van der Waals surface area (Å²) in [5.74, 6) is -0.0568. The summed E-state index contributed by atoms with van der Waals surface area (Å²) >= 11 is 1.53. The molecule has 3 rings (SSSR count). The molecule has 1 atom stereocenters. The molecule has 0 fully saturated rings. The molecule has 26 heavy (non-hydrogen) atoms. The Morgan fingerprint density at radius 1 is 1.04 bits per heavy atom. The number of amides is 2. The van der Waals surface area contributed by atoms with Crippen molar-refractivity contribution in [1.29, 1.82) is 0 Å². The van der Waals surface area contributed by atoms with Crippen LogP contribution in [0.2, 0.25) is 0 Å². The van der Waals surface area contributed by atoms with Crippen LogP contribution in [-0.4, -0.2) is 17.9 Å². The zero-order chi connectivity index (χ0) is 18.4. The van der Waals surface area contributed by atoms with E-state index < -0.39 is 12.0 Å². The number of hydrogen-bond donors (Lipinski definition) is 2. The lowest BCUT2D eigenvalue weighted by molar-refractivity contribution is -0.128. The molecule has 1 heterocycles. The number of hydrazine groups is 1. The summed E-state index contributed by atoms with van der Waals surface area (Å²) < 4.78 is 5.55. The summed E-state index contributed by atoms with van der Waals surface area (Å²) in [5, 5.41) is 0. The van der Waals surface area contributed by atoms with E-state index in [0.717, 1.165) is 12.8 Å². The minimum absolute atomic E-state index is 0.276. The molecule has 0 saturated heterocycles. The van der Waals surface area contributed by atoms with Crippen molar-refractivity contribution in [3.63, 3.8) is 0 Å². The predicted molar refractivity (Wildman–Crippen MR) is 102 cm³/mol. The van der Waals surface area contributed by atoms with Gasteiger partial charge in [-0.3, -0.25) is 20.4 Å². The summed E-state index contributed by atoms with van der Waals surface area (Å²) in [4.78, 5) is 26.4. The zero-order valence-corrected chi connectivity index (χ0v) is 15.7. The van der Waals surface area contributed by atoms with Crippen LogP contribution in [0.15, 0.2) is 36.4 Å². The Morgan fingerprint density at radius 2 is 1.77 bits per heavy atom. The molecule has 0 saturated carbocycles. The van der Waals surface area contributed by atoms with Crippen molar-refractivity contribution in [2.24, 2.45) is 0 Å². The lowest BCUT2D eigenvalue weighted by atomic mass is 10.00. The van der Waals surface area contributed by atoms with Gasteiger partial charge in [0.2, 0.25) is 0 Å². The third kappa shape index (κ3) is 4.85. The summed E-state index contributed by atoms with van der Waals surface area (Å²) in [6, 6.07) is 11.1. The molecule has 1 aromatic carbocycles. The van der Waals surface area contributed by atoms with Gasteiger partial charge >= 0.3 is 0 Å². The molecule has 0 spiro atoms. The Balaban J connectivity index is 1.53. The molecule has 2 aromatic rings. The maximum absolute atomic E-state index is 12.4. The van der Waals surface area contributed by atoms with Crippen LogP contribution in [-0.2, 0) is 17.6 Å². The molecular formula is C20H24N2O3S. The topological polar surface area (TPSA) is 67.4 Å². The van der Waals surface area contributed by atoms with Gasteiger partial charge in [-0.2, -0.15) is 0 Å². The molecule has 0 radical (unpaired) electrons. The van der Waals surface area contributed by atoms with Crippen LogP contribution in [0.25, 0.3) is 0 Å². The van der Waals surface area contributed by atoms with Crippen molar-refractivity contribution in [2.45, 2.75) is 51.6 Å². The molecule has 1 unspecified atom stereocenters. The van der Waals surface area contributed by atoms with Crippen LogP contribution in [0.5, 0.6) is 5.75 Å². The molecular weight excluding hydrogens is 348 g/mol. The highest BCUT2D eigenvalue weighted by Gasteiger charge is 2.18. The number of thiophene rings is 1. The number of aryl methyl sites for hydroxylation is 2. The van der Waals surface area contributed by atoms with Crippen LogP contribution in [0.3, 0.4) is 0 Å². The Hall–Kier alpha value is -2.34. The molecule has 1 aliphatic rings. The summed E-state index contributed by atoms with van der Waals surface area (Å²) in [7, 11) is 0. The number of hydrogen-bond acceptors (Lipinski definition) is 4. The third-order valence-electron chi connectivity index (χ3n) is 4.44. The van der Waals surface area contributed by atoms with E-state index in [4.69, 9.17) is 4.74 Å². The number of carbonyl (C=O) groups excluding carboxylic acids is 2. The van der Waals surface area contributed by atoms with E-state index in [1.807, 2.05) is 24.3 Å². The fourth-order valence-corrected chi connectivity index (χ4v) is 4.14. The molecule has 5 nitrogen and oxygen atoms in total. The van der Waals surface area contributed by atoms with E-state index in [0.29, 0.717) is 10.6 Å². The van der Waals surface area contributed by atoms with Crippen LogP contribution in [0.1, 0.15) is 52.7 Å². The van der Waals surface area contributed by atoms with E-state index in [2.05, 4.69) is 10.9 Å². The van der Waals surface area contributed by atoms with Crippen LogP contribution in [0.4, 0.5) is 0 Å². The fraction of sp³-hybridized carbons (Fsp3) is 0.400. The largest absolute Gasteiger partial charge is 0.481 e. The Morgan fingerprint density at radius 3 is 2.54 bits per heavy atom. The van der Waals surface area contributed by atoms with Gasteiger partial charge in [-0.1, -0.05) is 31.0 Å². The SMILES string of the molecule is CC(Oc1ccccc1)C(=O)NNC(=O)c1cc2c(s1)CCCCCC2. The Bertz CT molecular complexity index is 732. The normalized spacial score (nSPS) is 15.1. The van der Waals surface area contributed by atoms with Crippen LogP contribution < -0.4 is 15.6 Å². The lowest BCUT2D eigenvalue weighted by Crippen LogP contribution is -2.47. The number of rotatable bonds is 4. The van der Waals surface area contributed by atoms with E-state index in [1.165, 1.54) is 47.5 Å². The molecule has 1 aromatic heterocycles. The standard InChI is InChI=1S/C20H24N2O3S/c1-14(25-16-10-6-4-7-11-16)19(23)21-22-20(24)18-13-15-9-5-2-3-8-12-17(15)26-18/h4,6-7,10-11,13-14H,2-3,5,8-9,12H2,1H3,(H,21,23)(H,22,24). The number of carbonyl (C=O) groups is 2. The van der Waals surface area contributed by atoms with E-state index in [-0.39, 0.29) is 5.91 Å². The molecule has 2 amide bonds. The maximum atomic E-state index is 12.4. The van der Waals surface area contributed by atoms with Crippen LogP contribution >= 0.6 is 11.3 Å². The van der Waals surface area contributed by atoms with Gasteiger partial charge in [0.05, 0.1) is 4.88 Å². The second kappa shape index (κ2) is 8.85. The highest BCUT2D eigenvalue weighted by atomic mass is 32.1. The van der Waals surface area contributed by atoms with Crippen molar-refractivity contribution in [3.8, 4) is 5.75 Å². The number of ether oxygens (including phenoxy) is 1. The first-order valence-corrected chi connectivity index (χ1v) is 9.88. The number of benzene rings is 1. The van der Waals surface area contributed by atoms with E-state index in [1.54, 1.807) is 19.1 Å². The average Bonchev–Trinajstić information content (AvgIpc) is 3.02. The highest BCUT2D eigenvalue weighted by molar-refractivity contribution is 7.14. The van der Waals surface area contributed by atoms with Gasteiger partial charge in [-0.15, -0.1) is 11.3 Å². The van der Waals surface area contributed by atoms with Crippen molar-refractivity contribution in [2.75, 3.05) is 0 Å². The second-order valence-corrected chi connectivity index (χ2v) is 7.63. The summed E-state index contributed by atoms with van der Waals surface area (Å²) in [5.41, 5.74) is 6.23. The first-order chi connectivity index (χ1) is 12.6. The maximum Gasteiger partial charge on any atom is 0.279 e. The van der Waals surface area contributed by atoms with Gasteiger partial charge in [0.15, 0.2) is 6.10 Å². The quantitative estimate of drug-likeness (QED) is 0.805. The minimum atomic E-state index is -0.707. The van der Waals surface area contributed by atoms with Gasteiger partial charge in [-0.05, 0) is 56.4 Å². The van der Waals surface area contributed by atoms with E-state index in [9.17, 15) is 9.59 Å². The van der Waals surface area contributed by atoms with Crippen molar-refractivity contribution >= 4 is 23.2 Å². The minimum Gasteiger partial charge on any atom is -0.481 e. The van der Waals surface area contributed by atoms with Gasteiger partial charge in [-0.25, -0.2) is 0 Å². The molecule has 138 valence electrons. The van der Waals surface area contributed by atoms with Gasteiger partial charge in [0.1, 0.15) is 5.75 Å². The molecule has 6 heteroatoms. The van der Waals surface area contributed by atoms with Crippen molar-refractivity contribution in [3.05, 3.63) is 51.7 Å². The summed E-state index contributed by atoms with van der Waals surface area (Å²) in [6.45, 7) is 1.64. The Labute approximate surface area is 157 Å². The van der Waals surface area contributed by atoms with Crippen LogP contribution in [0, 0.1) is 0 Å². The molecule has 1 aliphatic carbocycles. The molecule has 2 N–H and O–H groups in total. The van der Waals surface area contributed by atoms with Gasteiger partial charge < -0.3 is 4.74 Å². The zero-order valence-electron chi connectivity index (χ0n) is 14.9. The number of para-hydroxylation sites is 1. The fourth-order valence-electron chi connectivity index (χ4n) is 2.99.